The molecule has 4 fully saturated rings. The van der Waals surface area contributed by atoms with E-state index < -0.39 is 0 Å². The fourth-order valence-corrected chi connectivity index (χ4v) is 5.21. The molecule has 4 aliphatic rings. The number of nitrogens with zero attached hydrogens (tertiary/aromatic N) is 2. The third-order valence-corrected chi connectivity index (χ3v) is 5.58. The van der Waals surface area contributed by atoms with Crippen molar-refractivity contribution in [1.29, 1.82) is 0 Å². The van der Waals surface area contributed by atoms with Crippen molar-refractivity contribution in [3.05, 3.63) is 11.7 Å². The summed E-state index contributed by atoms with van der Waals surface area (Å²) in [7, 11) is 0. The number of nitrogens with two attached hydrogens (primary N) is 1. The van der Waals surface area contributed by atoms with Crippen molar-refractivity contribution in [2.24, 2.45) is 23.5 Å². The molecule has 5 rings (SSSR count). The number of hydrogen-bond acceptors (Lipinski definition) is 4. The summed E-state index contributed by atoms with van der Waals surface area (Å²) in [4.78, 5) is 4.70. The molecule has 0 aromatic carbocycles. The van der Waals surface area contributed by atoms with Crippen LogP contribution >= 0.6 is 0 Å². The Morgan fingerprint density at radius 1 is 1.11 bits per heavy atom. The van der Waals surface area contributed by atoms with Crippen LogP contribution in [0.25, 0.3) is 0 Å². The van der Waals surface area contributed by atoms with E-state index >= 15 is 0 Å². The number of aromatic nitrogens is 2. The lowest BCUT2D eigenvalue weighted by Crippen LogP contribution is -2.49. The number of hydrogen-bond donors (Lipinski definition) is 1. The summed E-state index contributed by atoms with van der Waals surface area (Å²) in [6, 6.07) is 0. The van der Waals surface area contributed by atoms with Gasteiger partial charge in [-0.15, -0.1) is 0 Å². The van der Waals surface area contributed by atoms with Crippen LogP contribution in [0, 0.1) is 17.8 Å². The van der Waals surface area contributed by atoms with E-state index in [0.29, 0.717) is 6.54 Å². The third kappa shape index (κ3) is 1.92. The van der Waals surface area contributed by atoms with Gasteiger partial charge in [0.05, 0.1) is 0 Å². The van der Waals surface area contributed by atoms with E-state index in [1.54, 1.807) is 0 Å². The standard InChI is InChI=1S/C15H23N3O/c16-3-1-2-13-17-14(18-19-13)15-7-10-4-11(8-15)6-12(5-10)9-15/h10-12H,1-9,16H2. The van der Waals surface area contributed by atoms with Gasteiger partial charge in [0.1, 0.15) is 0 Å². The van der Waals surface area contributed by atoms with E-state index in [-0.39, 0.29) is 5.41 Å². The van der Waals surface area contributed by atoms with Gasteiger partial charge in [-0.3, -0.25) is 0 Å². The van der Waals surface area contributed by atoms with Crippen molar-refractivity contribution in [2.75, 3.05) is 6.54 Å². The highest BCUT2D eigenvalue weighted by atomic mass is 16.5. The Hall–Kier alpha value is -0.900. The molecule has 1 heterocycles. The molecule has 104 valence electrons. The van der Waals surface area contributed by atoms with Gasteiger partial charge in [0.15, 0.2) is 5.82 Å². The second-order valence-electron chi connectivity index (χ2n) is 7.10. The molecule has 4 aliphatic carbocycles. The Morgan fingerprint density at radius 3 is 2.32 bits per heavy atom. The molecule has 4 heteroatoms. The lowest BCUT2D eigenvalue weighted by atomic mass is 9.49. The first-order chi connectivity index (χ1) is 9.27. The van der Waals surface area contributed by atoms with Crippen molar-refractivity contribution in [1.82, 2.24) is 10.1 Å². The Morgan fingerprint density at radius 2 is 1.74 bits per heavy atom. The van der Waals surface area contributed by atoms with Gasteiger partial charge in [-0.1, -0.05) is 5.16 Å². The summed E-state index contributed by atoms with van der Waals surface area (Å²) in [5, 5.41) is 4.33. The molecule has 0 saturated heterocycles. The zero-order chi connectivity index (χ0) is 12.9. The molecule has 0 atom stereocenters. The predicted octanol–water partition coefficient (Wildman–Crippen LogP) is 2.43. The molecular formula is C15H23N3O. The Kier molecular flexibility index (Phi) is 2.69. The van der Waals surface area contributed by atoms with Crippen LogP contribution in [-0.2, 0) is 11.8 Å². The second-order valence-corrected chi connectivity index (χ2v) is 7.10. The van der Waals surface area contributed by atoms with Crippen LogP contribution in [0.3, 0.4) is 0 Å². The van der Waals surface area contributed by atoms with E-state index in [1.165, 1.54) is 38.5 Å². The third-order valence-electron chi connectivity index (χ3n) is 5.58. The first-order valence-electron chi connectivity index (χ1n) is 7.80. The predicted molar refractivity (Wildman–Crippen MR) is 71.5 cm³/mol. The van der Waals surface area contributed by atoms with E-state index in [0.717, 1.165) is 42.3 Å². The molecule has 19 heavy (non-hydrogen) atoms. The fourth-order valence-electron chi connectivity index (χ4n) is 5.21. The normalized spacial score (nSPS) is 39.9. The smallest absolute Gasteiger partial charge is 0.226 e. The van der Waals surface area contributed by atoms with Gasteiger partial charge in [0.2, 0.25) is 5.89 Å². The molecule has 0 aliphatic heterocycles. The first-order valence-corrected chi connectivity index (χ1v) is 7.80. The van der Waals surface area contributed by atoms with Crippen LogP contribution < -0.4 is 5.73 Å². The van der Waals surface area contributed by atoms with Crippen molar-refractivity contribution >= 4 is 0 Å². The van der Waals surface area contributed by atoms with Crippen molar-refractivity contribution < 1.29 is 4.52 Å². The average Bonchev–Trinajstić information content (AvgIpc) is 2.84. The minimum absolute atomic E-state index is 0.263. The monoisotopic (exact) mass is 261 g/mol. The van der Waals surface area contributed by atoms with Crippen molar-refractivity contribution in [3.63, 3.8) is 0 Å². The quantitative estimate of drug-likeness (QED) is 0.904. The van der Waals surface area contributed by atoms with Gasteiger partial charge in [-0.05, 0) is 69.2 Å². The average molecular weight is 261 g/mol. The SMILES string of the molecule is NCCCc1nc(C23CC4CC(CC(C4)C2)C3)no1. The number of rotatable bonds is 4. The van der Waals surface area contributed by atoms with Crippen molar-refractivity contribution in [2.45, 2.75) is 56.8 Å². The van der Waals surface area contributed by atoms with E-state index in [2.05, 4.69) is 5.16 Å². The molecule has 0 unspecified atom stereocenters. The van der Waals surface area contributed by atoms with Gasteiger partial charge < -0.3 is 10.3 Å². The Bertz CT molecular complexity index is 432. The maximum absolute atomic E-state index is 5.54. The summed E-state index contributed by atoms with van der Waals surface area (Å²) in [5.41, 5.74) is 5.80. The van der Waals surface area contributed by atoms with Gasteiger partial charge in [0.25, 0.3) is 0 Å². The first kappa shape index (κ1) is 11.9. The van der Waals surface area contributed by atoms with Gasteiger partial charge in [-0.25, -0.2) is 0 Å². The highest BCUT2D eigenvalue weighted by Gasteiger charge is 2.53. The molecular weight excluding hydrogens is 238 g/mol. The molecule has 0 radical (unpaired) electrons. The van der Waals surface area contributed by atoms with E-state index in [1.807, 2.05) is 0 Å². The lowest BCUT2D eigenvalue weighted by molar-refractivity contribution is -0.0103. The van der Waals surface area contributed by atoms with Crippen LogP contribution in [0.4, 0.5) is 0 Å². The van der Waals surface area contributed by atoms with Crippen LogP contribution in [0.15, 0.2) is 4.52 Å². The van der Waals surface area contributed by atoms with Gasteiger partial charge in [-0.2, -0.15) is 4.98 Å². The molecule has 4 nitrogen and oxygen atoms in total. The zero-order valence-corrected chi connectivity index (χ0v) is 11.5. The number of aryl methyl sites for hydroxylation is 1. The topological polar surface area (TPSA) is 64.9 Å². The van der Waals surface area contributed by atoms with Crippen molar-refractivity contribution in [3.8, 4) is 0 Å². The van der Waals surface area contributed by atoms with Gasteiger partial charge in [0, 0.05) is 11.8 Å². The summed E-state index contributed by atoms with van der Waals surface area (Å²) in [6.07, 6.45) is 10.0. The Labute approximate surface area is 114 Å². The molecule has 1 aromatic heterocycles. The molecule has 0 amide bonds. The van der Waals surface area contributed by atoms with E-state index in [9.17, 15) is 0 Å². The molecule has 4 saturated carbocycles. The maximum Gasteiger partial charge on any atom is 0.226 e. The minimum atomic E-state index is 0.263. The molecule has 4 bridgehead atoms. The molecule has 2 N–H and O–H groups in total. The largest absolute Gasteiger partial charge is 0.339 e. The summed E-state index contributed by atoms with van der Waals surface area (Å²) < 4.78 is 5.44. The van der Waals surface area contributed by atoms with Crippen LogP contribution in [0.1, 0.15) is 56.7 Å². The molecule has 0 spiro atoms. The Balaban J connectivity index is 1.59. The fraction of sp³-hybridized carbons (Fsp3) is 0.867. The van der Waals surface area contributed by atoms with Crippen LogP contribution in [0.5, 0.6) is 0 Å². The maximum atomic E-state index is 5.54. The minimum Gasteiger partial charge on any atom is -0.339 e. The summed E-state index contributed by atoms with van der Waals surface area (Å²) in [5.74, 6) is 4.58. The lowest BCUT2D eigenvalue weighted by Gasteiger charge is -2.55. The van der Waals surface area contributed by atoms with Crippen LogP contribution in [0.2, 0.25) is 0 Å². The summed E-state index contributed by atoms with van der Waals surface area (Å²) >= 11 is 0. The molecule has 1 aromatic rings. The zero-order valence-electron chi connectivity index (χ0n) is 11.5. The summed E-state index contributed by atoms with van der Waals surface area (Å²) in [6.45, 7) is 0.690. The highest BCUT2D eigenvalue weighted by Crippen LogP contribution is 2.60. The van der Waals surface area contributed by atoms with Crippen LogP contribution in [-0.4, -0.2) is 16.7 Å². The highest BCUT2D eigenvalue weighted by molar-refractivity contribution is 5.16. The van der Waals surface area contributed by atoms with E-state index in [4.69, 9.17) is 15.2 Å². The van der Waals surface area contributed by atoms with Gasteiger partial charge >= 0.3 is 0 Å². The second kappa shape index (κ2) is 4.30.